The van der Waals surface area contributed by atoms with Crippen molar-refractivity contribution in [3.63, 3.8) is 0 Å². The zero-order chi connectivity index (χ0) is 13.2. The molecule has 13 heteroatoms. The number of aromatic amines is 1. The molecule has 92 valence electrons. The number of hydrogen-bond acceptors (Lipinski definition) is 8. The quantitative estimate of drug-likeness (QED) is 0.263. The first-order valence-corrected chi connectivity index (χ1v) is 3.82. The average molecular weight is 250 g/mol. The van der Waals surface area contributed by atoms with Gasteiger partial charge in [-0.25, -0.2) is 4.79 Å². The van der Waals surface area contributed by atoms with Crippen molar-refractivity contribution in [1.29, 1.82) is 0 Å². The van der Waals surface area contributed by atoms with Gasteiger partial charge < -0.3 is 0 Å². The van der Waals surface area contributed by atoms with Crippen molar-refractivity contribution in [1.82, 2.24) is 5.27 Å². The fourth-order valence-corrected chi connectivity index (χ4v) is 0.963. The van der Waals surface area contributed by atoms with Crippen molar-refractivity contribution in [3.8, 4) is 0 Å². The monoisotopic (exact) mass is 250 g/mol. The zero-order valence-electron chi connectivity index (χ0n) is 7.84. The van der Waals surface area contributed by atoms with E-state index in [1.54, 1.807) is 5.27 Å². The Bertz CT molecular complexity index is 492. The van der Waals surface area contributed by atoms with Gasteiger partial charge in [-0.05, 0) is 5.27 Å². The maximum atomic E-state index is 10.6. The van der Waals surface area contributed by atoms with Crippen molar-refractivity contribution in [2.24, 2.45) is 0 Å². The Labute approximate surface area is 89.6 Å². The molecular weight excluding hydrogens is 246 g/mol. The molecule has 1 heterocycles. The van der Waals surface area contributed by atoms with Gasteiger partial charge in [0.2, 0.25) is 0 Å². The standard InChI is InChI=1S/C4H3N5O8/c10-3-1-6(5-17-3)2-4(7(11)12,8(13)14)9(15)16/h1H,2H2/p+1. The lowest BCUT2D eigenvalue weighted by Gasteiger charge is -2.03. The minimum Gasteiger partial charge on any atom is -0.284 e. The predicted molar refractivity (Wildman–Crippen MR) is 43.2 cm³/mol. The lowest BCUT2D eigenvalue weighted by atomic mass is 10.4. The summed E-state index contributed by atoms with van der Waals surface area (Å²) in [4.78, 5) is 37.1. The van der Waals surface area contributed by atoms with Crippen LogP contribution in [0.2, 0.25) is 0 Å². The van der Waals surface area contributed by atoms with Crippen molar-refractivity contribution < 1.29 is 24.0 Å². The first-order valence-electron chi connectivity index (χ1n) is 3.82. The van der Waals surface area contributed by atoms with Gasteiger partial charge in [-0.2, -0.15) is 0 Å². The predicted octanol–water partition coefficient (Wildman–Crippen LogP) is -2.26. The van der Waals surface area contributed by atoms with E-state index in [0.29, 0.717) is 10.9 Å². The Morgan fingerprint density at radius 1 is 1.24 bits per heavy atom. The summed E-state index contributed by atoms with van der Waals surface area (Å²) in [5.41, 5.74) is -0.992. The molecule has 0 spiro atoms. The van der Waals surface area contributed by atoms with Gasteiger partial charge in [-0.15, -0.1) is 0 Å². The normalized spacial score (nSPS) is 11.1. The van der Waals surface area contributed by atoms with Crippen LogP contribution in [-0.4, -0.2) is 25.8 Å². The number of nitro groups is 3. The Morgan fingerprint density at radius 2 is 1.71 bits per heavy atom. The van der Waals surface area contributed by atoms with Crippen LogP contribution in [0.25, 0.3) is 0 Å². The minimum absolute atomic E-state index is 0.441. The molecule has 1 N–H and O–H groups in total. The summed E-state index contributed by atoms with van der Waals surface area (Å²) >= 11 is 0. The molecule has 0 unspecified atom stereocenters. The highest BCUT2D eigenvalue weighted by Crippen LogP contribution is 2.11. The van der Waals surface area contributed by atoms with Crippen LogP contribution in [0, 0.1) is 30.3 Å². The van der Waals surface area contributed by atoms with Gasteiger partial charge in [0.1, 0.15) is 0 Å². The summed E-state index contributed by atoms with van der Waals surface area (Å²) in [6.07, 6.45) is 0.575. The molecule has 0 atom stereocenters. The molecule has 0 radical (unpaired) electrons. The molecular formula is C4H4N5O8+. The van der Waals surface area contributed by atoms with E-state index >= 15 is 0 Å². The number of hydrogen-bond donors (Lipinski definition) is 1. The van der Waals surface area contributed by atoms with E-state index in [0.717, 1.165) is 0 Å². The molecule has 0 saturated carbocycles. The van der Waals surface area contributed by atoms with E-state index < -0.39 is 32.7 Å². The molecule has 0 amide bonds. The number of rotatable bonds is 5. The summed E-state index contributed by atoms with van der Waals surface area (Å²) in [5, 5.41) is 33.2. The van der Waals surface area contributed by atoms with Gasteiger partial charge in [0.15, 0.2) is 14.8 Å². The van der Waals surface area contributed by atoms with Crippen LogP contribution in [0.5, 0.6) is 0 Å². The number of aromatic nitrogens is 2. The van der Waals surface area contributed by atoms with E-state index in [-0.39, 0.29) is 0 Å². The average Bonchev–Trinajstić information content (AvgIpc) is 2.58. The van der Waals surface area contributed by atoms with Crippen LogP contribution in [0.1, 0.15) is 0 Å². The fourth-order valence-electron chi connectivity index (χ4n) is 0.963. The molecule has 0 saturated heterocycles. The number of H-pyrrole nitrogens is 1. The van der Waals surface area contributed by atoms with E-state index in [2.05, 4.69) is 4.52 Å². The number of nitrogens with zero attached hydrogens (tertiary/aromatic N) is 4. The Balaban J connectivity index is 3.24. The second-order valence-corrected chi connectivity index (χ2v) is 2.82. The molecule has 1 rings (SSSR count). The minimum atomic E-state index is -3.68. The molecule has 1 aromatic rings. The lowest BCUT2D eigenvalue weighted by molar-refractivity contribution is -1.01. The summed E-state index contributed by atoms with van der Waals surface area (Å²) in [5.74, 6) is -3.68. The molecule has 0 bridgehead atoms. The summed E-state index contributed by atoms with van der Waals surface area (Å²) in [6.45, 7) is -1.31. The van der Waals surface area contributed by atoms with Gasteiger partial charge in [-0.1, -0.05) is 4.68 Å². The third kappa shape index (κ3) is 1.92. The van der Waals surface area contributed by atoms with Gasteiger partial charge >= 0.3 is 18.0 Å². The van der Waals surface area contributed by atoms with Gasteiger partial charge in [0.25, 0.3) is 6.20 Å². The molecule has 0 aliphatic rings. The largest absolute Gasteiger partial charge is 0.761 e. The Morgan fingerprint density at radius 3 is 2.00 bits per heavy atom. The van der Waals surface area contributed by atoms with Gasteiger partial charge in [0, 0.05) is 0 Å². The molecule has 0 aromatic carbocycles. The first kappa shape index (κ1) is 12.2. The van der Waals surface area contributed by atoms with Crippen molar-refractivity contribution in [2.75, 3.05) is 0 Å². The van der Waals surface area contributed by atoms with E-state index in [4.69, 9.17) is 0 Å². The second kappa shape index (κ2) is 3.95. The van der Waals surface area contributed by atoms with Crippen LogP contribution in [-0.2, 0) is 6.54 Å². The second-order valence-electron chi connectivity index (χ2n) is 2.82. The van der Waals surface area contributed by atoms with E-state index in [9.17, 15) is 35.1 Å². The highest BCUT2D eigenvalue weighted by molar-refractivity contribution is 4.51. The third-order valence-electron chi connectivity index (χ3n) is 1.78. The van der Waals surface area contributed by atoms with Crippen LogP contribution >= 0.6 is 0 Å². The topological polar surface area (TPSA) is 179 Å². The van der Waals surface area contributed by atoms with E-state index in [1.807, 2.05) is 0 Å². The van der Waals surface area contributed by atoms with E-state index in [1.165, 1.54) is 0 Å². The molecule has 1 aromatic heterocycles. The molecule has 17 heavy (non-hydrogen) atoms. The summed E-state index contributed by atoms with van der Waals surface area (Å²) in [6, 6.07) is 0. The highest BCUT2D eigenvalue weighted by Gasteiger charge is 2.75. The smallest absolute Gasteiger partial charge is 0.284 e. The lowest BCUT2D eigenvalue weighted by Crippen LogP contribution is -2.62. The molecule has 0 aliphatic heterocycles. The zero-order valence-corrected chi connectivity index (χ0v) is 7.84. The van der Waals surface area contributed by atoms with Crippen molar-refractivity contribution in [2.45, 2.75) is 12.3 Å². The first-order chi connectivity index (χ1) is 7.80. The van der Waals surface area contributed by atoms with Crippen LogP contribution in [0.3, 0.4) is 0 Å². The SMILES string of the molecule is O=c1c[n+](CC([N+](=O)[O-])([N+](=O)[O-])[N+](=O)[O-])[nH]o1. The van der Waals surface area contributed by atoms with Crippen LogP contribution < -0.4 is 10.3 Å². The van der Waals surface area contributed by atoms with Gasteiger partial charge in [0.05, 0.1) is 0 Å². The summed E-state index contributed by atoms with van der Waals surface area (Å²) in [7, 11) is 0. The Kier molecular flexibility index (Phi) is 2.84. The molecule has 0 aliphatic carbocycles. The third-order valence-corrected chi connectivity index (χ3v) is 1.78. The van der Waals surface area contributed by atoms with Gasteiger partial charge in [-0.3, -0.25) is 34.9 Å². The van der Waals surface area contributed by atoms with Crippen molar-refractivity contribution >= 4 is 0 Å². The van der Waals surface area contributed by atoms with Crippen molar-refractivity contribution in [3.05, 3.63) is 47.0 Å². The Hall–Kier alpha value is -2.86. The molecule has 13 nitrogen and oxygen atoms in total. The summed E-state index contributed by atoms with van der Waals surface area (Å²) < 4.78 is 4.51. The maximum Gasteiger partial charge on any atom is 0.761 e. The van der Waals surface area contributed by atoms with Crippen LogP contribution in [0.15, 0.2) is 15.5 Å². The maximum absolute atomic E-state index is 10.6. The molecule has 0 fully saturated rings. The van der Waals surface area contributed by atoms with Crippen LogP contribution in [0.4, 0.5) is 0 Å². The number of nitrogens with one attached hydrogen (secondary N) is 1. The fraction of sp³-hybridized carbons (Fsp3) is 0.500. The highest BCUT2D eigenvalue weighted by atomic mass is 16.7.